The van der Waals surface area contributed by atoms with Gasteiger partial charge in [-0.3, -0.25) is 15.0 Å². The van der Waals surface area contributed by atoms with Gasteiger partial charge in [-0.05, 0) is 42.7 Å². The summed E-state index contributed by atoms with van der Waals surface area (Å²) in [7, 11) is 0. The molecule has 0 aliphatic carbocycles. The molecule has 0 unspecified atom stereocenters. The molecule has 0 spiro atoms. The second kappa shape index (κ2) is 7.23. The third-order valence-electron chi connectivity index (χ3n) is 4.11. The quantitative estimate of drug-likeness (QED) is 0.658. The van der Waals surface area contributed by atoms with Gasteiger partial charge in [-0.2, -0.15) is 13.2 Å². The van der Waals surface area contributed by atoms with Crippen LogP contribution >= 0.6 is 0 Å². The van der Waals surface area contributed by atoms with Crippen LogP contribution in [0.25, 0.3) is 11.1 Å². The molecule has 0 saturated heterocycles. The Morgan fingerprint density at radius 2 is 1.73 bits per heavy atom. The van der Waals surface area contributed by atoms with Gasteiger partial charge in [0.25, 0.3) is 0 Å². The highest BCUT2D eigenvalue weighted by atomic mass is 19.4. The number of alkyl halides is 3. The fourth-order valence-corrected chi connectivity index (χ4v) is 2.83. The van der Waals surface area contributed by atoms with E-state index in [4.69, 9.17) is 0 Å². The van der Waals surface area contributed by atoms with E-state index in [9.17, 15) is 13.2 Å². The van der Waals surface area contributed by atoms with Gasteiger partial charge in [-0.25, -0.2) is 0 Å². The van der Waals surface area contributed by atoms with Crippen LogP contribution in [-0.4, -0.2) is 15.0 Å². The number of halogens is 3. The molecule has 0 aliphatic heterocycles. The van der Waals surface area contributed by atoms with E-state index in [1.54, 1.807) is 6.20 Å². The summed E-state index contributed by atoms with van der Waals surface area (Å²) in [5.74, 6) is 0. The summed E-state index contributed by atoms with van der Waals surface area (Å²) >= 11 is 0. The van der Waals surface area contributed by atoms with Gasteiger partial charge in [0, 0.05) is 41.8 Å². The van der Waals surface area contributed by atoms with Crippen molar-refractivity contribution < 1.29 is 13.2 Å². The maximum absolute atomic E-state index is 12.7. The summed E-state index contributed by atoms with van der Waals surface area (Å²) < 4.78 is 38.0. The van der Waals surface area contributed by atoms with Crippen LogP contribution in [0, 0.1) is 6.92 Å². The van der Waals surface area contributed by atoms with Crippen LogP contribution in [0.15, 0.2) is 48.9 Å². The van der Waals surface area contributed by atoms with Crippen LogP contribution in [0.4, 0.5) is 13.2 Å². The minimum atomic E-state index is -4.43. The van der Waals surface area contributed by atoms with E-state index in [0.717, 1.165) is 40.6 Å². The van der Waals surface area contributed by atoms with E-state index in [1.807, 2.05) is 32.2 Å². The highest BCUT2D eigenvalue weighted by Gasteiger charge is 2.32. The lowest BCUT2D eigenvalue weighted by Crippen LogP contribution is -2.08. The van der Waals surface area contributed by atoms with Gasteiger partial charge in [-0.1, -0.05) is 19.1 Å². The number of hydrogen-bond acceptors (Lipinski definition) is 3. The first-order valence-corrected chi connectivity index (χ1v) is 8.30. The van der Waals surface area contributed by atoms with Crippen molar-refractivity contribution in [1.82, 2.24) is 15.0 Å². The molecule has 0 saturated carbocycles. The molecule has 0 radical (unpaired) electrons. The summed E-state index contributed by atoms with van der Waals surface area (Å²) in [5.41, 5.74) is 4.54. The molecule has 3 nitrogen and oxygen atoms in total. The Morgan fingerprint density at radius 1 is 0.923 bits per heavy atom. The van der Waals surface area contributed by atoms with Crippen LogP contribution in [0.2, 0.25) is 0 Å². The highest BCUT2D eigenvalue weighted by molar-refractivity contribution is 5.69. The molecule has 3 aromatic heterocycles. The van der Waals surface area contributed by atoms with E-state index in [0.29, 0.717) is 12.0 Å². The molecule has 26 heavy (non-hydrogen) atoms. The van der Waals surface area contributed by atoms with E-state index in [1.165, 1.54) is 12.3 Å². The zero-order valence-electron chi connectivity index (χ0n) is 14.5. The summed E-state index contributed by atoms with van der Waals surface area (Å²) in [6.07, 6.45) is 1.53. The van der Waals surface area contributed by atoms with E-state index in [2.05, 4.69) is 21.0 Å². The topological polar surface area (TPSA) is 38.7 Å². The van der Waals surface area contributed by atoms with Crippen LogP contribution in [0.1, 0.15) is 35.1 Å². The Hall–Kier alpha value is -2.76. The minimum Gasteiger partial charge on any atom is -0.260 e. The first kappa shape index (κ1) is 18.0. The molecule has 6 heteroatoms. The van der Waals surface area contributed by atoms with E-state index < -0.39 is 11.9 Å². The third kappa shape index (κ3) is 3.90. The molecule has 0 aromatic carbocycles. The van der Waals surface area contributed by atoms with Crippen LogP contribution in [-0.2, 0) is 19.0 Å². The largest absolute Gasteiger partial charge is 0.433 e. The van der Waals surface area contributed by atoms with Crippen molar-refractivity contribution in [3.8, 4) is 11.1 Å². The van der Waals surface area contributed by atoms with Crippen molar-refractivity contribution in [2.24, 2.45) is 0 Å². The zero-order valence-corrected chi connectivity index (χ0v) is 14.5. The van der Waals surface area contributed by atoms with E-state index >= 15 is 0 Å². The summed E-state index contributed by atoms with van der Waals surface area (Å²) in [5, 5.41) is 0. The van der Waals surface area contributed by atoms with Gasteiger partial charge in [0.15, 0.2) is 0 Å². The Labute approximate surface area is 150 Å². The van der Waals surface area contributed by atoms with Gasteiger partial charge in [0.1, 0.15) is 5.69 Å². The van der Waals surface area contributed by atoms with E-state index in [-0.39, 0.29) is 0 Å². The maximum Gasteiger partial charge on any atom is 0.433 e. The molecule has 3 rings (SSSR count). The fourth-order valence-electron chi connectivity index (χ4n) is 2.83. The number of aryl methyl sites for hydroxylation is 2. The Kier molecular flexibility index (Phi) is 5.02. The predicted molar refractivity (Wildman–Crippen MR) is 93.6 cm³/mol. The second-order valence-electron chi connectivity index (χ2n) is 6.08. The molecule has 0 fully saturated rings. The summed E-state index contributed by atoms with van der Waals surface area (Å²) in [6.45, 7) is 4.02. The molecule has 3 heterocycles. The van der Waals surface area contributed by atoms with Crippen molar-refractivity contribution in [1.29, 1.82) is 0 Å². The zero-order chi connectivity index (χ0) is 18.7. The molecule has 0 atom stereocenters. The Balaban J connectivity index is 1.97. The van der Waals surface area contributed by atoms with Gasteiger partial charge < -0.3 is 0 Å². The smallest absolute Gasteiger partial charge is 0.260 e. The monoisotopic (exact) mass is 357 g/mol. The lowest BCUT2D eigenvalue weighted by Gasteiger charge is -2.13. The second-order valence-corrected chi connectivity index (χ2v) is 6.08. The first-order valence-electron chi connectivity index (χ1n) is 8.30. The molecule has 3 aromatic rings. The third-order valence-corrected chi connectivity index (χ3v) is 4.11. The van der Waals surface area contributed by atoms with Crippen LogP contribution in [0.3, 0.4) is 0 Å². The van der Waals surface area contributed by atoms with Gasteiger partial charge in [0.05, 0.1) is 5.69 Å². The normalized spacial score (nSPS) is 11.6. The summed E-state index contributed by atoms with van der Waals surface area (Å²) in [4.78, 5) is 12.5. The van der Waals surface area contributed by atoms with Crippen molar-refractivity contribution in [3.05, 3.63) is 77.1 Å². The van der Waals surface area contributed by atoms with Gasteiger partial charge in [-0.15, -0.1) is 0 Å². The number of hydrogen-bond donors (Lipinski definition) is 0. The van der Waals surface area contributed by atoms with Crippen molar-refractivity contribution in [2.75, 3.05) is 0 Å². The summed E-state index contributed by atoms with van der Waals surface area (Å²) in [6, 6.07) is 8.34. The van der Waals surface area contributed by atoms with Crippen molar-refractivity contribution in [2.45, 2.75) is 32.9 Å². The lowest BCUT2D eigenvalue weighted by atomic mass is 9.97. The molecule has 134 valence electrons. The van der Waals surface area contributed by atoms with Gasteiger partial charge >= 0.3 is 6.18 Å². The SMILES string of the molecule is CCc1ncc(C)cc1-c1cccnc1Cc1ccc(C(F)(F)F)nc1. The molecule has 0 amide bonds. The Morgan fingerprint density at radius 3 is 2.38 bits per heavy atom. The first-order chi connectivity index (χ1) is 12.4. The average molecular weight is 357 g/mol. The minimum absolute atomic E-state index is 0.401. The Bertz CT molecular complexity index is 903. The fraction of sp³-hybridized carbons (Fsp3) is 0.250. The lowest BCUT2D eigenvalue weighted by molar-refractivity contribution is -0.141. The number of aromatic nitrogens is 3. The van der Waals surface area contributed by atoms with Crippen molar-refractivity contribution >= 4 is 0 Å². The van der Waals surface area contributed by atoms with Gasteiger partial charge in [0.2, 0.25) is 0 Å². The standard InChI is InChI=1S/C20H18F3N3/c1-3-17-16(9-13(2)11-25-17)15-5-4-8-24-18(15)10-14-6-7-19(26-12-14)20(21,22)23/h4-9,11-12H,3,10H2,1-2H3. The molecule has 0 bridgehead atoms. The number of nitrogens with zero attached hydrogens (tertiary/aromatic N) is 3. The average Bonchev–Trinajstić information content (AvgIpc) is 2.62. The molecule has 0 aliphatic rings. The molecular weight excluding hydrogens is 339 g/mol. The van der Waals surface area contributed by atoms with Crippen LogP contribution in [0.5, 0.6) is 0 Å². The number of pyridine rings is 3. The molecule has 0 N–H and O–H groups in total. The molecular formula is C20H18F3N3. The maximum atomic E-state index is 12.7. The highest BCUT2D eigenvalue weighted by Crippen LogP contribution is 2.29. The predicted octanol–water partition coefficient (Wildman–Crippen LogP) is 5.02. The number of rotatable bonds is 4. The van der Waals surface area contributed by atoms with Crippen molar-refractivity contribution in [3.63, 3.8) is 0 Å². The van der Waals surface area contributed by atoms with Crippen LogP contribution < -0.4 is 0 Å².